The Kier molecular flexibility index (Phi) is 5.28. The summed E-state index contributed by atoms with van der Waals surface area (Å²) in [5.74, 6) is 0. The molecule has 0 atom stereocenters. The molecule has 0 amide bonds. The van der Waals surface area contributed by atoms with E-state index in [1.165, 1.54) is 33.0 Å². The molecule has 0 bridgehead atoms. The monoisotopic (exact) mass is 326 g/mol. The van der Waals surface area contributed by atoms with Gasteiger partial charge >= 0.3 is 9.28 Å². The minimum absolute atomic E-state index is 0.658. The molecule has 0 aromatic heterocycles. The molecular weight excluding hydrogens is 302 g/mol. The Balaban J connectivity index is 2.11. The van der Waals surface area contributed by atoms with Crippen LogP contribution >= 0.6 is 0 Å². The maximum absolute atomic E-state index is 5.97. The summed E-state index contributed by atoms with van der Waals surface area (Å²) in [6.07, 6.45) is 1.86. The molecule has 121 valence electrons. The van der Waals surface area contributed by atoms with E-state index in [2.05, 4.69) is 36.4 Å². The molecule has 1 aliphatic carbocycles. The molecule has 2 N–H and O–H groups in total. The van der Waals surface area contributed by atoms with Gasteiger partial charge in [-0.3, -0.25) is 0 Å². The summed E-state index contributed by atoms with van der Waals surface area (Å²) in [6, 6.07) is 13.2. The lowest BCUT2D eigenvalue weighted by Crippen LogP contribution is -2.39. The van der Waals surface area contributed by atoms with Crippen LogP contribution in [0.4, 0.5) is 0 Å². The summed E-state index contributed by atoms with van der Waals surface area (Å²) in [5.41, 5.74) is 12.5. The first-order valence-electron chi connectivity index (χ1n) is 8.35. The van der Waals surface area contributed by atoms with Crippen LogP contribution in [0, 0.1) is 0 Å². The molecule has 2 aromatic rings. The zero-order valence-electron chi connectivity index (χ0n) is 13.9. The van der Waals surface area contributed by atoms with E-state index < -0.39 is 9.28 Å². The van der Waals surface area contributed by atoms with Gasteiger partial charge in [0.25, 0.3) is 0 Å². The summed E-state index contributed by atoms with van der Waals surface area (Å²) < 4.78 is 11.9. The summed E-state index contributed by atoms with van der Waals surface area (Å²) in [5, 5.41) is 1.26. The van der Waals surface area contributed by atoms with Gasteiger partial charge in [0.2, 0.25) is 0 Å². The predicted molar refractivity (Wildman–Crippen MR) is 96.1 cm³/mol. The molecule has 0 unspecified atom stereocenters. The Morgan fingerprint density at radius 2 is 1.78 bits per heavy atom. The van der Waals surface area contributed by atoms with Gasteiger partial charge in [-0.2, -0.15) is 0 Å². The number of fused-ring (bicyclic) bond motifs is 3. The topological polar surface area (TPSA) is 44.5 Å². The van der Waals surface area contributed by atoms with Crippen LogP contribution in [-0.2, 0) is 21.7 Å². The lowest BCUT2D eigenvalue weighted by atomic mass is 10.0. The fourth-order valence-corrected chi connectivity index (χ4v) is 4.93. The Labute approximate surface area is 140 Å². The highest BCUT2D eigenvalue weighted by Crippen LogP contribution is 2.36. The van der Waals surface area contributed by atoms with Crippen LogP contribution < -0.4 is 10.9 Å². The predicted octanol–water partition coefficient (Wildman–Crippen LogP) is 2.53. The molecule has 23 heavy (non-hydrogen) atoms. The fraction of sp³-hybridized carbons (Fsp3) is 0.368. The molecule has 1 radical (unpaired) electrons. The molecule has 0 spiro atoms. The highest BCUT2D eigenvalue weighted by atomic mass is 28.3. The SMILES string of the molecule is CCO[Si](OCC)c1cc(CCN)cc2c1Cc1ccccc1-2. The van der Waals surface area contributed by atoms with Crippen molar-refractivity contribution < 1.29 is 8.85 Å². The average molecular weight is 326 g/mol. The first-order valence-corrected chi connectivity index (χ1v) is 9.67. The number of nitrogens with two attached hydrogens (primary N) is 1. The zero-order valence-corrected chi connectivity index (χ0v) is 14.9. The molecule has 0 heterocycles. The summed E-state index contributed by atoms with van der Waals surface area (Å²) in [6.45, 7) is 6.07. The molecule has 1 aliphatic rings. The molecule has 0 saturated heterocycles. The largest absolute Gasteiger partial charge is 0.423 e. The maximum atomic E-state index is 5.97. The third-order valence-corrected chi connectivity index (χ3v) is 6.18. The molecular formula is C19H24NO2Si. The average Bonchev–Trinajstić information content (AvgIpc) is 2.93. The number of hydrogen-bond acceptors (Lipinski definition) is 3. The third kappa shape index (κ3) is 3.26. The van der Waals surface area contributed by atoms with Gasteiger partial charge in [-0.25, -0.2) is 0 Å². The van der Waals surface area contributed by atoms with Crippen LogP contribution in [0.3, 0.4) is 0 Å². The Morgan fingerprint density at radius 1 is 1.04 bits per heavy atom. The maximum Gasteiger partial charge on any atom is 0.423 e. The molecule has 4 heteroatoms. The smallest absolute Gasteiger partial charge is 0.390 e. The van der Waals surface area contributed by atoms with E-state index in [0.29, 0.717) is 19.8 Å². The van der Waals surface area contributed by atoms with E-state index in [4.69, 9.17) is 14.6 Å². The van der Waals surface area contributed by atoms with Crippen molar-refractivity contribution in [2.45, 2.75) is 26.7 Å². The minimum Gasteiger partial charge on any atom is -0.390 e. The van der Waals surface area contributed by atoms with Gasteiger partial charge in [0.1, 0.15) is 0 Å². The summed E-state index contributed by atoms with van der Waals surface area (Å²) in [7, 11) is -1.45. The standard InChI is InChI=1S/C19H24NO2Si/c1-3-21-23(22-4-2)19-12-14(9-10-20)11-17-16-8-6-5-7-15(16)13-18(17)19/h5-8,11-12H,3-4,9-10,13,20H2,1-2H3. The van der Waals surface area contributed by atoms with Crippen LogP contribution in [-0.4, -0.2) is 29.0 Å². The van der Waals surface area contributed by atoms with Crippen molar-refractivity contribution in [1.29, 1.82) is 0 Å². The van der Waals surface area contributed by atoms with Gasteiger partial charge in [0, 0.05) is 18.4 Å². The van der Waals surface area contributed by atoms with Gasteiger partial charge < -0.3 is 14.6 Å². The Bertz CT molecular complexity index is 681. The lowest BCUT2D eigenvalue weighted by Gasteiger charge is -2.18. The van der Waals surface area contributed by atoms with Crippen LogP contribution in [0.1, 0.15) is 30.5 Å². The zero-order chi connectivity index (χ0) is 16.2. The minimum atomic E-state index is -1.45. The van der Waals surface area contributed by atoms with Crippen molar-refractivity contribution in [2.75, 3.05) is 19.8 Å². The van der Waals surface area contributed by atoms with Crippen molar-refractivity contribution >= 4 is 14.5 Å². The van der Waals surface area contributed by atoms with Crippen LogP contribution in [0.2, 0.25) is 0 Å². The van der Waals surface area contributed by atoms with E-state index >= 15 is 0 Å². The number of hydrogen-bond donors (Lipinski definition) is 1. The second kappa shape index (κ2) is 7.40. The van der Waals surface area contributed by atoms with E-state index in [-0.39, 0.29) is 0 Å². The van der Waals surface area contributed by atoms with Crippen LogP contribution in [0.5, 0.6) is 0 Å². The highest BCUT2D eigenvalue weighted by Gasteiger charge is 2.29. The van der Waals surface area contributed by atoms with E-state index in [1.807, 2.05) is 13.8 Å². The fourth-order valence-electron chi connectivity index (χ4n) is 3.24. The van der Waals surface area contributed by atoms with E-state index in [0.717, 1.165) is 12.8 Å². The normalized spacial score (nSPS) is 12.5. The molecule has 2 aromatic carbocycles. The third-order valence-electron chi connectivity index (χ3n) is 4.19. The lowest BCUT2D eigenvalue weighted by molar-refractivity contribution is 0.225. The molecule has 0 aliphatic heterocycles. The van der Waals surface area contributed by atoms with Gasteiger partial charge in [0.15, 0.2) is 0 Å². The first-order chi connectivity index (χ1) is 11.3. The van der Waals surface area contributed by atoms with Gasteiger partial charge in [0.05, 0.1) is 0 Å². The van der Waals surface area contributed by atoms with Crippen molar-refractivity contribution in [3.05, 3.63) is 53.1 Å². The van der Waals surface area contributed by atoms with Crippen molar-refractivity contribution in [2.24, 2.45) is 5.73 Å². The second-order valence-corrected chi connectivity index (χ2v) is 7.39. The van der Waals surface area contributed by atoms with Crippen molar-refractivity contribution in [1.82, 2.24) is 0 Å². The number of benzene rings is 2. The van der Waals surface area contributed by atoms with Crippen molar-refractivity contribution in [3.8, 4) is 11.1 Å². The number of rotatable bonds is 7. The van der Waals surface area contributed by atoms with E-state index in [9.17, 15) is 0 Å². The van der Waals surface area contributed by atoms with Crippen LogP contribution in [0.25, 0.3) is 11.1 Å². The van der Waals surface area contributed by atoms with Crippen molar-refractivity contribution in [3.63, 3.8) is 0 Å². The Morgan fingerprint density at radius 3 is 2.48 bits per heavy atom. The highest BCUT2D eigenvalue weighted by molar-refractivity contribution is 6.62. The second-order valence-electron chi connectivity index (χ2n) is 5.70. The molecule has 0 saturated carbocycles. The molecule has 0 fully saturated rings. The Hall–Kier alpha value is -1.46. The van der Waals surface area contributed by atoms with Gasteiger partial charge in [-0.15, -0.1) is 0 Å². The molecule has 3 rings (SSSR count). The summed E-state index contributed by atoms with van der Waals surface area (Å²) >= 11 is 0. The quantitative estimate of drug-likeness (QED) is 0.679. The summed E-state index contributed by atoms with van der Waals surface area (Å²) in [4.78, 5) is 0. The first kappa shape index (κ1) is 16.4. The molecule has 3 nitrogen and oxygen atoms in total. The van der Waals surface area contributed by atoms with E-state index in [1.54, 1.807) is 0 Å². The van der Waals surface area contributed by atoms with Gasteiger partial charge in [-0.05, 0) is 61.1 Å². The van der Waals surface area contributed by atoms with Gasteiger partial charge in [-0.1, -0.05) is 36.4 Å². The van der Waals surface area contributed by atoms with Crippen LogP contribution in [0.15, 0.2) is 36.4 Å².